The van der Waals surface area contributed by atoms with E-state index in [1.165, 1.54) is 12.0 Å². The first-order valence-corrected chi connectivity index (χ1v) is 4.62. The summed E-state index contributed by atoms with van der Waals surface area (Å²) in [6.45, 7) is 1.01. The van der Waals surface area contributed by atoms with Crippen LogP contribution in [0.25, 0.3) is 0 Å². The maximum atomic E-state index is 5.28. The second-order valence-electron chi connectivity index (χ2n) is 3.79. The summed E-state index contributed by atoms with van der Waals surface area (Å²) >= 11 is 0. The second kappa shape index (κ2) is 2.33. The maximum Gasteiger partial charge on any atom is 0.0844 e. The summed E-state index contributed by atoms with van der Waals surface area (Å²) in [7, 11) is 0. The van der Waals surface area contributed by atoms with Crippen LogP contribution in [0.4, 0.5) is 0 Å². The third kappa shape index (κ3) is 1.05. The van der Waals surface area contributed by atoms with Gasteiger partial charge in [-0.15, -0.1) is 0 Å². The predicted molar refractivity (Wildman–Crippen MR) is 47.0 cm³/mol. The van der Waals surface area contributed by atoms with Crippen LogP contribution in [0.5, 0.6) is 0 Å². The monoisotopic (exact) mass is 160 g/mol. The standard InChI is InChI=1S/C11H12O/c1-2-4-8(5-3-1)9-6-10(9)11-7-12-11/h1-5,9-11H,6-7H2. The Kier molecular flexibility index (Phi) is 1.30. The number of epoxide rings is 1. The lowest BCUT2D eigenvalue weighted by Gasteiger charge is -1.96. The van der Waals surface area contributed by atoms with E-state index in [1.54, 1.807) is 0 Å². The lowest BCUT2D eigenvalue weighted by Crippen LogP contribution is -1.90. The fourth-order valence-electron chi connectivity index (χ4n) is 2.01. The average Bonchev–Trinajstić information content (AvgIpc) is 2.99. The third-order valence-corrected chi connectivity index (χ3v) is 2.90. The first kappa shape index (κ1) is 6.67. The molecule has 1 aliphatic carbocycles. The Hall–Kier alpha value is -0.820. The van der Waals surface area contributed by atoms with E-state index >= 15 is 0 Å². The Morgan fingerprint density at radius 1 is 1.17 bits per heavy atom. The lowest BCUT2D eigenvalue weighted by molar-refractivity contribution is 0.384. The molecule has 1 heteroatoms. The minimum absolute atomic E-state index is 0.607. The van der Waals surface area contributed by atoms with Crippen LogP contribution in [0.1, 0.15) is 17.9 Å². The summed E-state index contributed by atoms with van der Waals surface area (Å²) < 4.78 is 5.28. The quantitative estimate of drug-likeness (QED) is 0.604. The highest BCUT2D eigenvalue weighted by Crippen LogP contribution is 2.53. The maximum absolute atomic E-state index is 5.28. The van der Waals surface area contributed by atoms with Crippen LogP contribution in [0.2, 0.25) is 0 Å². The molecular formula is C11H12O. The van der Waals surface area contributed by atoms with Crippen LogP contribution < -0.4 is 0 Å². The van der Waals surface area contributed by atoms with Crippen molar-refractivity contribution in [3.8, 4) is 0 Å². The minimum Gasteiger partial charge on any atom is -0.373 e. The lowest BCUT2D eigenvalue weighted by atomic mass is 10.1. The van der Waals surface area contributed by atoms with Crippen molar-refractivity contribution in [3.63, 3.8) is 0 Å². The first-order chi connectivity index (χ1) is 5.95. The van der Waals surface area contributed by atoms with Gasteiger partial charge >= 0.3 is 0 Å². The number of rotatable bonds is 2. The molecule has 12 heavy (non-hydrogen) atoms. The number of ether oxygens (including phenoxy) is 1. The Morgan fingerprint density at radius 2 is 1.92 bits per heavy atom. The molecular weight excluding hydrogens is 148 g/mol. The second-order valence-corrected chi connectivity index (χ2v) is 3.79. The van der Waals surface area contributed by atoms with Gasteiger partial charge in [-0.1, -0.05) is 30.3 Å². The summed E-state index contributed by atoms with van der Waals surface area (Å²) in [6.07, 6.45) is 1.95. The van der Waals surface area contributed by atoms with Crippen LogP contribution in [-0.4, -0.2) is 12.7 Å². The van der Waals surface area contributed by atoms with Gasteiger partial charge in [0.2, 0.25) is 0 Å². The zero-order chi connectivity index (χ0) is 7.97. The summed E-state index contributed by atoms with van der Waals surface area (Å²) in [4.78, 5) is 0. The van der Waals surface area contributed by atoms with E-state index in [9.17, 15) is 0 Å². The Bertz CT molecular complexity index is 276. The molecule has 1 aromatic rings. The topological polar surface area (TPSA) is 12.5 Å². The summed E-state index contributed by atoms with van der Waals surface area (Å²) in [5.74, 6) is 1.64. The van der Waals surface area contributed by atoms with Gasteiger partial charge in [0.1, 0.15) is 0 Å². The van der Waals surface area contributed by atoms with Crippen molar-refractivity contribution >= 4 is 0 Å². The van der Waals surface area contributed by atoms with Crippen LogP contribution in [0.3, 0.4) is 0 Å². The van der Waals surface area contributed by atoms with Crippen molar-refractivity contribution in [2.45, 2.75) is 18.4 Å². The van der Waals surface area contributed by atoms with Crippen molar-refractivity contribution < 1.29 is 4.74 Å². The summed E-state index contributed by atoms with van der Waals surface area (Å²) in [5, 5.41) is 0. The molecule has 2 aliphatic rings. The van der Waals surface area contributed by atoms with E-state index < -0.39 is 0 Å². The molecule has 1 saturated heterocycles. The minimum atomic E-state index is 0.607. The molecule has 0 radical (unpaired) electrons. The molecule has 0 N–H and O–H groups in total. The van der Waals surface area contributed by atoms with Crippen molar-refractivity contribution in [3.05, 3.63) is 35.9 Å². The first-order valence-electron chi connectivity index (χ1n) is 4.62. The molecule has 1 aromatic carbocycles. The van der Waals surface area contributed by atoms with Crippen molar-refractivity contribution in [2.75, 3.05) is 6.61 Å². The molecule has 0 amide bonds. The van der Waals surface area contributed by atoms with Gasteiger partial charge < -0.3 is 4.74 Å². The molecule has 1 heterocycles. The van der Waals surface area contributed by atoms with Crippen LogP contribution in [0, 0.1) is 5.92 Å². The number of benzene rings is 1. The van der Waals surface area contributed by atoms with E-state index in [2.05, 4.69) is 30.3 Å². The molecule has 0 aromatic heterocycles. The van der Waals surface area contributed by atoms with Gasteiger partial charge in [0.05, 0.1) is 12.7 Å². The predicted octanol–water partition coefficient (Wildman–Crippen LogP) is 2.19. The van der Waals surface area contributed by atoms with E-state index in [0.29, 0.717) is 6.10 Å². The SMILES string of the molecule is c1ccc(C2CC2C2CO2)cc1. The Morgan fingerprint density at radius 3 is 2.58 bits per heavy atom. The Labute approximate surface area is 72.4 Å². The fourth-order valence-corrected chi connectivity index (χ4v) is 2.01. The highest BCUT2D eigenvalue weighted by atomic mass is 16.6. The van der Waals surface area contributed by atoms with Gasteiger partial charge in [-0.25, -0.2) is 0 Å². The van der Waals surface area contributed by atoms with E-state index in [4.69, 9.17) is 4.74 Å². The van der Waals surface area contributed by atoms with Gasteiger partial charge in [0, 0.05) is 0 Å². The van der Waals surface area contributed by atoms with Gasteiger partial charge in [0.15, 0.2) is 0 Å². The zero-order valence-corrected chi connectivity index (χ0v) is 6.94. The molecule has 1 saturated carbocycles. The molecule has 3 rings (SSSR count). The molecule has 0 spiro atoms. The molecule has 3 atom stereocenters. The third-order valence-electron chi connectivity index (χ3n) is 2.90. The van der Waals surface area contributed by atoms with Gasteiger partial charge in [0.25, 0.3) is 0 Å². The Balaban J connectivity index is 1.76. The number of hydrogen-bond acceptors (Lipinski definition) is 1. The van der Waals surface area contributed by atoms with Gasteiger partial charge in [-0.3, -0.25) is 0 Å². The van der Waals surface area contributed by atoms with Gasteiger partial charge in [-0.05, 0) is 23.8 Å². The van der Waals surface area contributed by atoms with Crippen LogP contribution >= 0.6 is 0 Å². The zero-order valence-electron chi connectivity index (χ0n) is 6.94. The summed E-state index contributed by atoms with van der Waals surface area (Å²) in [5.41, 5.74) is 1.50. The smallest absolute Gasteiger partial charge is 0.0844 e. The fraction of sp³-hybridized carbons (Fsp3) is 0.455. The van der Waals surface area contributed by atoms with Crippen molar-refractivity contribution in [2.24, 2.45) is 5.92 Å². The molecule has 62 valence electrons. The highest BCUT2D eigenvalue weighted by Gasteiger charge is 2.49. The van der Waals surface area contributed by atoms with E-state index in [0.717, 1.165) is 18.4 Å². The van der Waals surface area contributed by atoms with Crippen molar-refractivity contribution in [1.29, 1.82) is 0 Å². The largest absolute Gasteiger partial charge is 0.373 e. The van der Waals surface area contributed by atoms with Gasteiger partial charge in [-0.2, -0.15) is 0 Å². The molecule has 0 bridgehead atoms. The normalized spacial score (nSPS) is 37.8. The molecule has 1 aliphatic heterocycles. The highest BCUT2D eigenvalue weighted by molar-refractivity contribution is 5.26. The molecule has 2 fully saturated rings. The van der Waals surface area contributed by atoms with E-state index in [-0.39, 0.29) is 0 Å². The van der Waals surface area contributed by atoms with Crippen LogP contribution in [-0.2, 0) is 4.74 Å². The molecule has 1 nitrogen and oxygen atoms in total. The average molecular weight is 160 g/mol. The van der Waals surface area contributed by atoms with Crippen molar-refractivity contribution in [1.82, 2.24) is 0 Å². The van der Waals surface area contributed by atoms with E-state index in [1.807, 2.05) is 0 Å². The summed E-state index contributed by atoms with van der Waals surface area (Å²) in [6, 6.07) is 10.8. The number of hydrogen-bond donors (Lipinski definition) is 0. The molecule has 3 unspecified atom stereocenters. The van der Waals surface area contributed by atoms with Crippen LogP contribution in [0.15, 0.2) is 30.3 Å².